The molecule has 1 atom stereocenters. The van der Waals surface area contributed by atoms with E-state index >= 15 is 0 Å². The molecule has 1 saturated heterocycles. The maximum atomic E-state index is 12.6. The molecule has 0 spiro atoms. The normalized spacial score (nSPS) is 24.1. The fourth-order valence-electron chi connectivity index (χ4n) is 2.58. The van der Waals surface area contributed by atoms with Crippen molar-refractivity contribution in [2.45, 2.75) is 38.1 Å². The smallest absolute Gasteiger partial charge is 0.272 e. The summed E-state index contributed by atoms with van der Waals surface area (Å²) in [7, 11) is 0. The molecule has 2 aliphatic rings. The van der Waals surface area contributed by atoms with Crippen LogP contribution in [0.2, 0.25) is 0 Å². The lowest BCUT2D eigenvalue weighted by molar-refractivity contribution is 0.0681. The molecule has 0 radical (unpaired) electrons. The Morgan fingerprint density at radius 1 is 1.37 bits per heavy atom. The van der Waals surface area contributed by atoms with E-state index in [4.69, 9.17) is 4.74 Å². The molecule has 102 valence electrons. The van der Waals surface area contributed by atoms with Crippen molar-refractivity contribution >= 4 is 5.91 Å². The third-order valence-corrected chi connectivity index (χ3v) is 4.00. The molecule has 1 amide bonds. The van der Waals surface area contributed by atoms with Crippen molar-refractivity contribution in [3.8, 4) is 0 Å². The van der Waals surface area contributed by atoms with E-state index in [1.165, 1.54) is 18.4 Å². The minimum Gasteiger partial charge on any atom is -0.380 e. The minimum atomic E-state index is 0.0421. The highest BCUT2D eigenvalue weighted by molar-refractivity contribution is 5.92. The predicted octanol–water partition coefficient (Wildman–Crippen LogP) is 2.21. The highest BCUT2D eigenvalue weighted by Crippen LogP contribution is 2.39. The summed E-state index contributed by atoms with van der Waals surface area (Å²) in [4.78, 5) is 18.7. The van der Waals surface area contributed by atoms with Crippen molar-refractivity contribution in [1.29, 1.82) is 0 Å². The van der Waals surface area contributed by atoms with Gasteiger partial charge in [-0.1, -0.05) is 0 Å². The summed E-state index contributed by atoms with van der Waals surface area (Å²) in [6, 6.07) is 4.23. The second kappa shape index (κ2) is 5.29. The van der Waals surface area contributed by atoms with Crippen molar-refractivity contribution in [3.63, 3.8) is 0 Å². The van der Waals surface area contributed by atoms with Gasteiger partial charge >= 0.3 is 0 Å². The molecule has 4 heteroatoms. The van der Waals surface area contributed by atoms with Gasteiger partial charge in [-0.05, 0) is 49.8 Å². The maximum Gasteiger partial charge on any atom is 0.272 e. The van der Waals surface area contributed by atoms with E-state index in [2.05, 4.69) is 11.9 Å². The molecular weight excluding hydrogens is 240 g/mol. The van der Waals surface area contributed by atoms with E-state index in [1.54, 1.807) is 6.20 Å². The van der Waals surface area contributed by atoms with Crippen LogP contribution in [0.4, 0.5) is 0 Å². The fourth-order valence-corrected chi connectivity index (χ4v) is 2.58. The van der Waals surface area contributed by atoms with E-state index in [9.17, 15) is 4.79 Å². The Morgan fingerprint density at radius 2 is 2.21 bits per heavy atom. The SMILES string of the molecule is CC1CCOCCN1C(=O)c1cc(C2CC2)ccn1. The van der Waals surface area contributed by atoms with E-state index < -0.39 is 0 Å². The van der Waals surface area contributed by atoms with Crippen LogP contribution in [0.1, 0.15) is 48.2 Å². The lowest BCUT2D eigenvalue weighted by Crippen LogP contribution is -2.39. The predicted molar refractivity (Wildman–Crippen MR) is 72.1 cm³/mol. The molecule has 1 aliphatic carbocycles. The van der Waals surface area contributed by atoms with Crippen molar-refractivity contribution in [2.75, 3.05) is 19.8 Å². The molecule has 0 aromatic carbocycles. The van der Waals surface area contributed by atoms with Crippen LogP contribution >= 0.6 is 0 Å². The molecule has 1 aliphatic heterocycles. The number of carbonyl (C=O) groups is 1. The molecule has 19 heavy (non-hydrogen) atoms. The van der Waals surface area contributed by atoms with E-state index in [0.29, 0.717) is 24.8 Å². The van der Waals surface area contributed by atoms with Crippen LogP contribution in [0.5, 0.6) is 0 Å². The fraction of sp³-hybridized carbons (Fsp3) is 0.600. The number of rotatable bonds is 2. The monoisotopic (exact) mass is 260 g/mol. The van der Waals surface area contributed by atoms with Crippen molar-refractivity contribution < 1.29 is 9.53 Å². The summed E-state index contributed by atoms with van der Waals surface area (Å²) in [6.07, 6.45) is 5.14. The number of aromatic nitrogens is 1. The van der Waals surface area contributed by atoms with Crippen molar-refractivity contribution in [3.05, 3.63) is 29.6 Å². The minimum absolute atomic E-state index is 0.0421. The zero-order valence-corrected chi connectivity index (χ0v) is 11.3. The molecule has 1 aromatic heterocycles. The first kappa shape index (κ1) is 12.6. The molecule has 1 aromatic rings. The second-order valence-electron chi connectivity index (χ2n) is 5.50. The van der Waals surface area contributed by atoms with Crippen LogP contribution in [0, 0.1) is 0 Å². The summed E-state index contributed by atoms with van der Waals surface area (Å²) in [5.74, 6) is 0.694. The first-order valence-corrected chi connectivity index (χ1v) is 7.10. The summed E-state index contributed by atoms with van der Waals surface area (Å²) in [5.41, 5.74) is 1.84. The van der Waals surface area contributed by atoms with Crippen molar-refractivity contribution in [2.24, 2.45) is 0 Å². The molecule has 1 unspecified atom stereocenters. The average Bonchev–Trinajstić information content (AvgIpc) is 3.26. The standard InChI is InChI=1S/C15H20N2O2/c1-11-5-8-19-9-7-17(11)15(18)14-10-13(4-6-16-14)12-2-3-12/h4,6,10-12H,2-3,5,7-9H2,1H3. The average molecular weight is 260 g/mol. The van der Waals surface area contributed by atoms with Crippen LogP contribution in [0.15, 0.2) is 18.3 Å². The number of pyridine rings is 1. The first-order chi connectivity index (χ1) is 9.25. The molecule has 3 rings (SSSR count). The summed E-state index contributed by atoms with van der Waals surface area (Å²) in [5, 5.41) is 0. The van der Waals surface area contributed by atoms with Crippen LogP contribution < -0.4 is 0 Å². The molecule has 4 nitrogen and oxygen atoms in total. The highest BCUT2D eigenvalue weighted by atomic mass is 16.5. The zero-order valence-electron chi connectivity index (χ0n) is 11.3. The van der Waals surface area contributed by atoms with Crippen molar-refractivity contribution in [1.82, 2.24) is 9.88 Å². The van der Waals surface area contributed by atoms with Crippen LogP contribution in [-0.4, -0.2) is 41.6 Å². The van der Waals surface area contributed by atoms with Gasteiger partial charge < -0.3 is 9.64 Å². The van der Waals surface area contributed by atoms with Gasteiger partial charge in [-0.15, -0.1) is 0 Å². The van der Waals surface area contributed by atoms with E-state index in [1.807, 2.05) is 17.0 Å². The number of amides is 1. The molecule has 0 N–H and O–H groups in total. The molecular formula is C15H20N2O2. The largest absolute Gasteiger partial charge is 0.380 e. The maximum absolute atomic E-state index is 12.6. The van der Waals surface area contributed by atoms with Crippen LogP contribution in [-0.2, 0) is 4.74 Å². The number of carbonyl (C=O) groups excluding carboxylic acids is 1. The van der Waals surface area contributed by atoms with Gasteiger partial charge in [-0.25, -0.2) is 0 Å². The first-order valence-electron chi connectivity index (χ1n) is 7.10. The Bertz CT molecular complexity index is 471. The Balaban J connectivity index is 1.79. The Kier molecular flexibility index (Phi) is 3.51. The number of hydrogen-bond donors (Lipinski definition) is 0. The van der Waals surface area contributed by atoms with Gasteiger partial charge in [-0.2, -0.15) is 0 Å². The van der Waals surface area contributed by atoms with Gasteiger partial charge in [0.25, 0.3) is 5.91 Å². The quantitative estimate of drug-likeness (QED) is 0.818. The second-order valence-corrected chi connectivity index (χ2v) is 5.50. The molecule has 2 fully saturated rings. The molecule has 0 bridgehead atoms. The van der Waals surface area contributed by atoms with Gasteiger partial charge in [0.1, 0.15) is 5.69 Å². The van der Waals surface area contributed by atoms with E-state index in [-0.39, 0.29) is 11.9 Å². The highest BCUT2D eigenvalue weighted by Gasteiger charge is 2.27. The summed E-state index contributed by atoms with van der Waals surface area (Å²) >= 11 is 0. The third-order valence-electron chi connectivity index (χ3n) is 4.00. The number of ether oxygens (including phenoxy) is 1. The summed E-state index contributed by atoms with van der Waals surface area (Å²) < 4.78 is 5.44. The third kappa shape index (κ3) is 2.78. The number of hydrogen-bond acceptors (Lipinski definition) is 3. The van der Waals surface area contributed by atoms with Gasteiger partial charge in [-0.3, -0.25) is 9.78 Å². The van der Waals surface area contributed by atoms with Crippen LogP contribution in [0.3, 0.4) is 0 Å². The van der Waals surface area contributed by atoms with Gasteiger partial charge in [0.15, 0.2) is 0 Å². The Labute approximate surface area is 113 Å². The van der Waals surface area contributed by atoms with Gasteiger partial charge in [0.05, 0.1) is 6.61 Å². The lowest BCUT2D eigenvalue weighted by Gasteiger charge is -2.26. The summed E-state index contributed by atoms with van der Waals surface area (Å²) in [6.45, 7) is 4.10. The molecule has 1 saturated carbocycles. The zero-order chi connectivity index (χ0) is 13.2. The Morgan fingerprint density at radius 3 is 3.00 bits per heavy atom. The lowest BCUT2D eigenvalue weighted by atomic mass is 10.1. The Hall–Kier alpha value is -1.42. The van der Waals surface area contributed by atoms with E-state index in [0.717, 1.165) is 13.0 Å². The molecule has 2 heterocycles. The number of nitrogens with zero attached hydrogens (tertiary/aromatic N) is 2. The van der Waals surface area contributed by atoms with Crippen LogP contribution in [0.25, 0.3) is 0 Å². The van der Waals surface area contributed by atoms with Gasteiger partial charge in [0, 0.05) is 25.4 Å². The van der Waals surface area contributed by atoms with Gasteiger partial charge in [0.2, 0.25) is 0 Å². The topological polar surface area (TPSA) is 42.4 Å².